The van der Waals surface area contributed by atoms with Gasteiger partial charge >= 0.3 is 0 Å². The normalized spacial score (nSPS) is 15.2. The zero-order chi connectivity index (χ0) is 9.97. The Morgan fingerprint density at radius 2 is 2.00 bits per heavy atom. The topological polar surface area (TPSA) is 20.3 Å². The number of benzene rings is 1. The molecule has 0 heterocycles. The number of hydrogen-bond donors (Lipinski definition) is 0. The summed E-state index contributed by atoms with van der Waals surface area (Å²) >= 11 is 0. The van der Waals surface area contributed by atoms with Crippen LogP contribution in [0.5, 0.6) is 0 Å². The third-order valence-electron chi connectivity index (χ3n) is 2.43. The third-order valence-corrected chi connectivity index (χ3v) is 2.43. The Morgan fingerprint density at radius 3 is 2.50 bits per heavy atom. The standard InChI is InChI=1S/C11H12FNO/c12-10-3-1-9(2-4-10)7-13(8-14)11-5-6-11/h1-4,8,11H,5-7H2. The minimum atomic E-state index is -0.238. The van der Waals surface area contributed by atoms with Crippen LogP contribution in [0.25, 0.3) is 0 Å². The van der Waals surface area contributed by atoms with E-state index in [1.54, 1.807) is 17.0 Å². The van der Waals surface area contributed by atoms with Crippen molar-refractivity contribution in [3.63, 3.8) is 0 Å². The van der Waals surface area contributed by atoms with Gasteiger partial charge in [-0.05, 0) is 30.5 Å². The molecule has 0 aromatic heterocycles. The Morgan fingerprint density at radius 1 is 1.36 bits per heavy atom. The second kappa shape index (κ2) is 3.78. The van der Waals surface area contributed by atoms with E-state index in [1.807, 2.05) is 0 Å². The lowest BCUT2D eigenvalue weighted by molar-refractivity contribution is -0.119. The van der Waals surface area contributed by atoms with E-state index < -0.39 is 0 Å². The molecule has 2 nitrogen and oxygen atoms in total. The summed E-state index contributed by atoms with van der Waals surface area (Å²) in [5.41, 5.74) is 0.977. The number of halogens is 1. The van der Waals surface area contributed by atoms with E-state index >= 15 is 0 Å². The monoisotopic (exact) mass is 193 g/mol. The second-order valence-electron chi connectivity index (χ2n) is 3.64. The smallest absolute Gasteiger partial charge is 0.210 e. The Hall–Kier alpha value is -1.38. The molecule has 74 valence electrons. The molecular weight excluding hydrogens is 181 g/mol. The van der Waals surface area contributed by atoms with Gasteiger partial charge in [-0.25, -0.2) is 4.39 Å². The second-order valence-corrected chi connectivity index (χ2v) is 3.64. The highest BCUT2D eigenvalue weighted by molar-refractivity contribution is 5.49. The lowest BCUT2D eigenvalue weighted by Crippen LogP contribution is -2.23. The first kappa shape index (κ1) is 9.19. The van der Waals surface area contributed by atoms with Crippen LogP contribution in [0.2, 0.25) is 0 Å². The lowest BCUT2D eigenvalue weighted by Gasteiger charge is -2.16. The number of nitrogens with zero attached hydrogens (tertiary/aromatic N) is 1. The fourth-order valence-corrected chi connectivity index (χ4v) is 1.46. The van der Waals surface area contributed by atoms with Crippen LogP contribution in [0.4, 0.5) is 4.39 Å². The van der Waals surface area contributed by atoms with Crippen LogP contribution in [-0.4, -0.2) is 17.4 Å². The van der Waals surface area contributed by atoms with E-state index in [9.17, 15) is 9.18 Å². The number of carbonyl (C=O) groups is 1. The molecule has 3 heteroatoms. The minimum absolute atomic E-state index is 0.238. The fourth-order valence-electron chi connectivity index (χ4n) is 1.46. The maximum Gasteiger partial charge on any atom is 0.210 e. The summed E-state index contributed by atoms with van der Waals surface area (Å²) in [5, 5.41) is 0. The molecule has 0 spiro atoms. The van der Waals surface area contributed by atoms with Gasteiger partial charge in [0.1, 0.15) is 5.82 Å². The third kappa shape index (κ3) is 2.10. The van der Waals surface area contributed by atoms with Crippen molar-refractivity contribution in [1.29, 1.82) is 0 Å². The number of hydrogen-bond acceptors (Lipinski definition) is 1. The molecule has 0 radical (unpaired) electrons. The van der Waals surface area contributed by atoms with Crippen molar-refractivity contribution in [3.8, 4) is 0 Å². The zero-order valence-corrected chi connectivity index (χ0v) is 7.82. The maximum atomic E-state index is 12.6. The predicted molar refractivity (Wildman–Crippen MR) is 51.0 cm³/mol. The Balaban J connectivity index is 2.01. The molecule has 2 rings (SSSR count). The van der Waals surface area contributed by atoms with E-state index in [1.165, 1.54) is 12.1 Å². The van der Waals surface area contributed by atoms with Crippen LogP contribution in [0.3, 0.4) is 0 Å². The summed E-state index contributed by atoms with van der Waals surface area (Å²) in [6.07, 6.45) is 3.07. The molecule has 1 aliphatic carbocycles. The molecule has 0 atom stereocenters. The number of carbonyl (C=O) groups excluding carboxylic acids is 1. The summed E-state index contributed by atoms with van der Waals surface area (Å²) in [6.45, 7) is 0.592. The first-order chi connectivity index (χ1) is 6.79. The Labute approximate surface area is 82.3 Å². The van der Waals surface area contributed by atoms with Crippen molar-refractivity contribution in [1.82, 2.24) is 4.90 Å². The van der Waals surface area contributed by atoms with Gasteiger partial charge in [-0.15, -0.1) is 0 Å². The summed E-state index contributed by atoms with van der Waals surface area (Å²) < 4.78 is 12.6. The van der Waals surface area contributed by atoms with E-state index in [0.717, 1.165) is 24.8 Å². The number of amides is 1. The Kier molecular flexibility index (Phi) is 2.48. The van der Waals surface area contributed by atoms with Gasteiger partial charge in [0, 0.05) is 12.6 Å². The van der Waals surface area contributed by atoms with Crippen LogP contribution in [0, 0.1) is 5.82 Å². The molecule has 1 fully saturated rings. The SMILES string of the molecule is O=CN(Cc1ccc(F)cc1)C1CC1. The zero-order valence-electron chi connectivity index (χ0n) is 7.82. The average molecular weight is 193 g/mol. The molecule has 0 saturated heterocycles. The molecule has 1 aliphatic rings. The molecule has 1 saturated carbocycles. The van der Waals surface area contributed by atoms with Crippen LogP contribution < -0.4 is 0 Å². The van der Waals surface area contributed by atoms with Crippen molar-refractivity contribution in [2.75, 3.05) is 0 Å². The van der Waals surface area contributed by atoms with Crippen LogP contribution in [-0.2, 0) is 11.3 Å². The van der Waals surface area contributed by atoms with Crippen LogP contribution >= 0.6 is 0 Å². The largest absolute Gasteiger partial charge is 0.338 e. The van der Waals surface area contributed by atoms with Gasteiger partial charge in [-0.3, -0.25) is 4.79 Å². The molecule has 0 N–H and O–H groups in total. The van der Waals surface area contributed by atoms with E-state index in [2.05, 4.69) is 0 Å². The molecule has 14 heavy (non-hydrogen) atoms. The fraction of sp³-hybridized carbons (Fsp3) is 0.364. The van der Waals surface area contributed by atoms with Crippen molar-refractivity contribution >= 4 is 6.41 Å². The Bertz CT molecular complexity index is 319. The molecular formula is C11H12FNO. The quantitative estimate of drug-likeness (QED) is 0.669. The highest BCUT2D eigenvalue weighted by Gasteiger charge is 2.27. The maximum absolute atomic E-state index is 12.6. The molecule has 1 aromatic rings. The van der Waals surface area contributed by atoms with Gasteiger partial charge in [-0.2, -0.15) is 0 Å². The van der Waals surface area contributed by atoms with Gasteiger partial charge in [0.05, 0.1) is 0 Å². The summed E-state index contributed by atoms with van der Waals surface area (Å²) in [4.78, 5) is 12.5. The van der Waals surface area contributed by atoms with Crippen molar-refractivity contribution in [3.05, 3.63) is 35.6 Å². The van der Waals surface area contributed by atoms with Gasteiger partial charge < -0.3 is 4.90 Å². The van der Waals surface area contributed by atoms with E-state index in [-0.39, 0.29) is 5.82 Å². The molecule has 0 unspecified atom stereocenters. The van der Waals surface area contributed by atoms with Crippen LogP contribution in [0.15, 0.2) is 24.3 Å². The molecule has 0 bridgehead atoms. The summed E-state index contributed by atoms with van der Waals surface area (Å²) in [6, 6.07) is 6.69. The van der Waals surface area contributed by atoms with Gasteiger partial charge in [-0.1, -0.05) is 12.1 Å². The number of rotatable bonds is 4. The van der Waals surface area contributed by atoms with Gasteiger partial charge in [0.15, 0.2) is 0 Å². The van der Waals surface area contributed by atoms with E-state index in [4.69, 9.17) is 0 Å². The van der Waals surface area contributed by atoms with Gasteiger partial charge in [0.25, 0.3) is 0 Å². The lowest BCUT2D eigenvalue weighted by atomic mass is 10.2. The first-order valence-electron chi connectivity index (χ1n) is 4.75. The molecule has 0 aliphatic heterocycles. The summed E-state index contributed by atoms with van der Waals surface area (Å²) in [5.74, 6) is -0.238. The van der Waals surface area contributed by atoms with E-state index in [0.29, 0.717) is 12.6 Å². The predicted octanol–water partition coefficient (Wildman–Crippen LogP) is 1.95. The molecule has 1 amide bonds. The van der Waals surface area contributed by atoms with Crippen LogP contribution in [0.1, 0.15) is 18.4 Å². The minimum Gasteiger partial charge on any atom is -0.338 e. The molecule has 1 aromatic carbocycles. The average Bonchev–Trinajstić information content (AvgIpc) is 3.01. The highest BCUT2D eigenvalue weighted by atomic mass is 19.1. The first-order valence-corrected chi connectivity index (χ1v) is 4.75. The van der Waals surface area contributed by atoms with Crippen molar-refractivity contribution < 1.29 is 9.18 Å². The highest BCUT2D eigenvalue weighted by Crippen LogP contribution is 2.26. The summed E-state index contributed by atoms with van der Waals surface area (Å²) in [7, 11) is 0. The van der Waals surface area contributed by atoms with Crippen molar-refractivity contribution in [2.45, 2.75) is 25.4 Å². The van der Waals surface area contributed by atoms with Crippen molar-refractivity contribution in [2.24, 2.45) is 0 Å². The van der Waals surface area contributed by atoms with Gasteiger partial charge in [0.2, 0.25) is 6.41 Å².